The highest BCUT2D eigenvalue weighted by Gasteiger charge is 2.10. The van der Waals surface area contributed by atoms with E-state index in [0.717, 1.165) is 18.8 Å². The van der Waals surface area contributed by atoms with Gasteiger partial charge in [0.25, 0.3) is 0 Å². The van der Waals surface area contributed by atoms with Crippen molar-refractivity contribution in [2.24, 2.45) is 0 Å². The van der Waals surface area contributed by atoms with Crippen molar-refractivity contribution >= 4 is 11.4 Å². The van der Waals surface area contributed by atoms with E-state index < -0.39 is 0 Å². The van der Waals surface area contributed by atoms with Gasteiger partial charge in [0.15, 0.2) is 0 Å². The number of aryl methyl sites for hydroxylation is 1. The summed E-state index contributed by atoms with van der Waals surface area (Å²) in [6.07, 6.45) is 0. The monoisotopic (exact) mass is 222 g/mol. The average molecular weight is 222 g/mol. The largest absolute Gasteiger partial charge is 0.399 e. The van der Waals surface area contributed by atoms with Crippen molar-refractivity contribution in [1.29, 1.82) is 0 Å². The van der Waals surface area contributed by atoms with Crippen molar-refractivity contribution in [2.75, 3.05) is 30.9 Å². The third-order valence-corrected chi connectivity index (χ3v) is 2.58. The lowest BCUT2D eigenvalue weighted by atomic mass is 10.1. The zero-order chi connectivity index (χ0) is 12.1. The predicted octanol–water partition coefficient (Wildman–Crippen LogP) is 2.44. The van der Waals surface area contributed by atoms with Gasteiger partial charge in [-0.2, -0.15) is 0 Å². The van der Waals surface area contributed by atoms with E-state index in [0.29, 0.717) is 6.04 Å². The number of methoxy groups -OCH3 is 1. The van der Waals surface area contributed by atoms with Crippen molar-refractivity contribution in [3.63, 3.8) is 0 Å². The minimum absolute atomic E-state index is 0.441. The maximum absolute atomic E-state index is 5.87. The first kappa shape index (κ1) is 12.8. The van der Waals surface area contributed by atoms with Gasteiger partial charge in [0.1, 0.15) is 0 Å². The van der Waals surface area contributed by atoms with Crippen LogP contribution in [0.1, 0.15) is 19.4 Å². The standard InChI is InChI=1S/C13H22N2O/c1-10(2)15(5-6-16-4)13-8-11(3)7-12(14)9-13/h7-10H,5-6,14H2,1-4H3. The number of nitrogens with zero attached hydrogens (tertiary/aromatic N) is 1. The molecule has 0 aliphatic carbocycles. The van der Waals surface area contributed by atoms with Crippen LogP contribution in [0, 0.1) is 6.92 Å². The van der Waals surface area contributed by atoms with Crippen LogP contribution in [-0.2, 0) is 4.74 Å². The quantitative estimate of drug-likeness (QED) is 0.778. The topological polar surface area (TPSA) is 38.5 Å². The summed E-state index contributed by atoms with van der Waals surface area (Å²) in [6.45, 7) is 8.03. The number of hydrogen-bond acceptors (Lipinski definition) is 3. The highest BCUT2D eigenvalue weighted by atomic mass is 16.5. The summed E-state index contributed by atoms with van der Waals surface area (Å²) >= 11 is 0. The Morgan fingerprint density at radius 3 is 2.50 bits per heavy atom. The smallest absolute Gasteiger partial charge is 0.0637 e. The molecule has 0 amide bonds. The molecule has 0 saturated carbocycles. The molecule has 0 spiro atoms. The lowest BCUT2D eigenvalue weighted by Crippen LogP contribution is -2.33. The van der Waals surface area contributed by atoms with Crippen LogP contribution in [0.25, 0.3) is 0 Å². The molecule has 0 aromatic heterocycles. The Kier molecular flexibility index (Phi) is 4.62. The van der Waals surface area contributed by atoms with Crippen molar-refractivity contribution in [3.8, 4) is 0 Å². The van der Waals surface area contributed by atoms with Crippen LogP contribution < -0.4 is 10.6 Å². The number of nitrogens with two attached hydrogens (primary N) is 1. The third kappa shape index (κ3) is 3.42. The molecule has 0 atom stereocenters. The number of rotatable bonds is 5. The molecule has 1 rings (SSSR count). The summed E-state index contributed by atoms with van der Waals surface area (Å²) < 4.78 is 5.13. The molecule has 0 heterocycles. The summed E-state index contributed by atoms with van der Waals surface area (Å²) in [4.78, 5) is 2.30. The van der Waals surface area contributed by atoms with Gasteiger partial charge in [0, 0.05) is 31.1 Å². The van der Waals surface area contributed by atoms with E-state index in [9.17, 15) is 0 Å². The van der Waals surface area contributed by atoms with Gasteiger partial charge in [-0.05, 0) is 44.5 Å². The summed E-state index contributed by atoms with van der Waals surface area (Å²) in [5.74, 6) is 0. The lowest BCUT2D eigenvalue weighted by molar-refractivity contribution is 0.204. The fourth-order valence-corrected chi connectivity index (χ4v) is 1.83. The van der Waals surface area contributed by atoms with Gasteiger partial charge in [-0.1, -0.05) is 0 Å². The Labute approximate surface area is 98.2 Å². The molecule has 1 aromatic carbocycles. The van der Waals surface area contributed by atoms with Gasteiger partial charge in [0.05, 0.1) is 6.61 Å². The van der Waals surface area contributed by atoms with Crippen molar-refractivity contribution in [2.45, 2.75) is 26.8 Å². The first-order valence-electron chi connectivity index (χ1n) is 5.67. The Balaban J connectivity index is 2.91. The van der Waals surface area contributed by atoms with Crippen molar-refractivity contribution < 1.29 is 4.74 Å². The van der Waals surface area contributed by atoms with Crippen LogP contribution in [0.5, 0.6) is 0 Å². The third-order valence-electron chi connectivity index (χ3n) is 2.58. The molecule has 0 unspecified atom stereocenters. The first-order valence-corrected chi connectivity index (χ1v) is 5.67. The van der Waals surface area contributed by atoms with Crippen LogP contribution in [-0.4, -0.2) is 26.3 Å². The predicted molar refractivity (Wildman–Crippen MR) is 69.9 cm³/mol. The highest BCUT2D eigenvalue weighted by Crippen LogP contribution is 2.22. The molecule has 2 N–H and O–H groups in total. The van der Waals surface area contributed by atoms with E-state index in [4.69, 9.17) is 10.5 Å². The highest BCUT2D eigenvalue weighted by molar-refractivity contribution is 5.58. The molecule has 0 fully saturated rings. The molecule has 0 bridgehead atoms. The lowest BCUT2D eigenvalue weighted by Gasteiger charge is -2.29. The van der Waals surface area contributed by atoms with Gasteiger partial charge in [-0.3, -0.25) is 0 Å². The summed E-state index contributed by atoms with van der Waals surface area (Å²) in [5.41, 5.74) is 9.05. The SMILES string of the molecule is COCCN(c1cc(C)cc(N)c1)C(C)C. The summed E-state index contributed by atoms with van der Waals surface area (Å²) in [6, 6.07) is 6.60. The normalized spacial score (nSPS) is 10.8. The van der Waals surface area contributed by atoms with Gasteiger partial charge in [0.2, 0.25) is 0 Å². The zero-order valence-electron chi connectivity index (χ0n) is 10.7. The van der Waals surface area contributed by atoms with E-state index in [1.165, 1.54) is 11.3 Å². The van der Waals surface area contributed by atoms with Crippen LogP contribution in [0.2, 0.25) is 0 Å². The molecular formula is C13H22N2O. The molecule has 1 aromatic rings. The Bertz CT molecular complexity index is 316. The minimum atomic E-state index is 0.441. The fourth-order valence-electron chi connectivity index (χ4n) is 1.83. The molecule has 0 radical (unpaired) electrons. The molecule has 0 aliphatic rings. The molecule has 0 saturated heterocycles. The second-order valence-corrected chi connectivity index (χ2v) is 4.38. The van der Waals surface area contributed by atoms with Crippen LogP contribution in [0.3, 0.4) is 0 Å². The second-order valence-electron chi connectivity index (χ2n) is 4.38. The summed E-state index contributed by atoms with van der Waals surface area (Å²) in [5, 5.41) is 0. The van der Waals surface area contributed by atoms with Crippen LogP contribution >= 0.6 is 0 Å². The molecule has 90 valence electrons. The number of hydrogen-bond donors (Lipinski definition) is 1. The Morgan fingerprint density at radius 2 is 2.00 bits per heavy atom. The number of benzene rings is 1. The maximum Gasteiger partial charge on any atom is 0.0637 e. The van der Waals surface area contributed by atoms with E-state index >= 15 is 0 Å². The number of anilines is 2. The van der Waals surface area contributed by atoms with E-state index in [-0.39, 0.29) is 0 Å². The molecule has 3 nitrogen and oxygen atoms in total. The molecule has 3 heteroatoms. The summed E-state index contributed by atoms with van der Waals surface area (Å²) in [7, 11) is 1.73. The van der Waals surface area contributed by atoms with E-state index in [1.54, 1.807) is 7.11 Å². The molecular weight excluding hydrogens is 200 g/mol. The number of nitrogen functional groups attached to an aromatic ring is 1. The van der Waals surface area contributed by atoms with Crippen molar-refractivity contribution in [1.82, 2.24) is 0 Å². The van der Waals surface area contributed by atoms with Crippen LogP contribution in [0.15, 0.2) is 18.2 Å². The molecule has 0 aliphatic heterocycles. The zero-order valence-corrected chi connectivity index (χ0v) is 10.7. The fraction of sp³-hybridized carbons (Fsp3) is 0.538. The van der Waals surface area contributed by atoms with Crippen molar-refractivity contribution in [3.05, 3.63) is 23.8 Å². The van der Waals surface area contributed by atoms with Gasteiger partial charge in [-0.15, -0.1) is 0 Å². The first-order chi connectivity index (χ1) is 7.54. The maximum atomic E-state index is 5.87. The van der Waals surface area contributed by atoms with E-state index in [2.05, 4.69) is 31.7 Å². The second kappa shape index (κ2) is 5.75. The number of ether oxygens (including phenoxy) is 1. The van der Waals surface area contributed by atoms with Crippen LogP contribution in [0.4, 0.5) is 11.4 Å². The van der Waals surface area contributed by atoms with Gasteiger partial charge < -0.3 is 15.4 Å². The molecule has 16 heavy (non-hydrogen) atoms. The minimum Gasteiger partial charge on any atom is -0.399 e. The van der Waals surface area contributed by atoms with E-state index in [1.807, 2.05) is 12.1 Å². The average Bonchev–Trinajstić information content (AvgIpc) is 2.16. The Hall–Kier alpha value is -1.22. The van der Waals surface area contributed by atoms with Gasteiger partial charge in [-0.25, -0.2) is 0 Å². The van der Waals surface area contributed by atoms with Gasteiger partial charge >= 0.3 is 0 Å². The Morgan fingerprint density at radius 1 is 1.31 bits per heavy atom.